The van der Waals surface area contributed by atoms with Crippen LogP contribution in [-0.4, -0.2) is 18.5 Å². The van der Waals surface area contributed by atoms with Crippen molar-refractivity contribution in [1.82, 2.24) is 0 Å². The van der Waals surface area contributed by atoms with E-state index in [0.717, 1.165) is 34.2 Å². The lowest BCUT2D eigenvalue weighted by atomic mass is 10.00. The van der Waals surface area contributed by atoms with E-state index in [1.54, 1.807) is 0 Å². The average Bonchev–Trinajstić information content (AvgIpc) is 2.52. The predicted octanol–water partition coefficient (Wildman–Crippen LogP) is 4.23. The molecule has 0 aliphatic heterocycles. The second-order valence-electron chi connectivity index (χ2n) is 4.50. The van der Waals surface area contributed by atoms with Crippen LogP contribution in [0.5, 0.6) is 0 Å². The minimum atomic E-state index is 0.724. The summed E-state index contributed by atoms with van der Waals surface area (Å²) in [6.07, 6.45) is 5.24. The van der Waals surface area contributed by atoms with E-state index in [2.05, 4.69) is 16.8 Å². The molecular weight excluding hydrogens is 256 g/mol. The molecule has 0 saturated heterocycles. The Morgan fingerprint density at radius 1 is 1.19 bits per heavy atom. The van der Waals surface area contributed by atoms with Gasteiger partial charge in [-0.2, -0.15) is 0 Å². The number of hydrogen-bond donors (Lipinski definition) is 1. The van der Waals surface area contributed by atoms with Crippen molar-refractivity contribution in [2.75, 3.05) is 6.54 Å². The zero-order valence-corrected chi connectivity index (χ0v) is 12.4. The first-order chi connectivity index (χ1) is 10.3. The summed E-state index contributed by atoms with van der Waals surface area (Å²) in [5.74, 6) is 6.33. The average molecular weight is 274 g/mol. The van der Waals surface area contributed by atoms with Gasteiger partial charge in [-0.25, -0.2) is 0 Å². The summed E-state index contributed by atoms with van der Waals surface area (Å²) in [7, 11) is 0. The van der Waals surface area contributed by atoms with Crippen molar-refractivity contribution in [2.45, 2.75) is 13.8 Å². The van der Waals surface area contributed by atoms with Gasteiger partial charge in [-0.15, -0.1) is 0 Å². The van der Waals surface area contributed by atoms with Gasteiger partial charge in [-0.1, -0.05) is 42.3 Å². The van der Waals surface area contributed by atoms with Gasteiger partial charge >= 0.3 is 0 Å². The Bertz CT molecular complexity index is 771. The molecule has 104 valence electrons. The van der Waals surface area contributed by atoms with Crippen LogP contribution in [0.1, 0.15) is 25.0 Å². The lowest BCUT2D eigenvalue weighted by Gasteiger charge is -2.03. The van der Waals surface area contributed by atoms with Crippen molar-refractivity contribution in [1.29, 1.82) is 5.41 Å². The van der Waals surface area contributed by atoms with E-state index in [-0.39, 0.29) is 0 Å². The summed E-state index contributed by atoms with van der Waals surface area (Å²) < 4.78 is 0. The van der Waals surface area contributed by atoms with E-state index in [1.807, 2.05) is 62.4 Å². The molecule has 2 rings (SSSR count). The van der Waals surface area contributed by atoms with Crippen LogP contribution in [0.25, 0.3) is 10.8 Å². The fourth-order valence-corrected chi connectivity index (χ4v) is 2.15. The minimum absolute atomic E-state index is 0.724. The van der Waals surface area contributed by atoms with E-state index in [0.29, 0.717) is 0 Å². The molecule has 0 radical (unpaired) electrons. The van der Waals surface area contributed by atoms with Gasteiger partial charge < -0.3 is 5.41 Å². The van der Waals surface area contributed by atoms with Crippen LogP contribution < -0.4 is 0 Å². The molecule has 2 heteroatoms. The summed E-state index contributed by atoms with van der Waals surface area (Å²) in [5, 5.41) is 9.61. The molecule has 0 amide bonds. The predicted molar refractivity (Wildman–Crippen MR) is 91.5 cm³/mol. The molecule has 0 unspecified atom stereocenters. The van der Waals surface area contributed by atoms with Crippen LogP contribution in [0.3, 0.4) is 0 Å². The van der Waals surface area contributed by atoms with E-state index >= 15 is 0 Å². The number of nitrogens with zero attached hydrogens (tertiary/aromatic N) is 1. The van der Waals surface area contributed by atoms with Gasteiger partial charge in [0.2, 0.25) is 0 Å². The van der Waals surface area contributed by atoms with Crippen LogP contribution in [0.4, 0.5) is 0 Å². The number of fused-ring (bicyclic) bond motifs is 1. The third-order valence-electron chi connectivity index (χ3n) is 3.09. The molecule has 0 bridgehead atoms. The molecule has 0 aromatic heterocycles. The van der Waals surface area contributed by atoms with Crippen LogP contribution in [-0.2, 0) is 0 Å². The maximum Gasteiger partial charge on any atom is 0.107 e. The molecule has 0 heterocycles. The summed E-state index contributed by atoms with van der Waals surface area (Å²) in [6, 6.07) is 11.9. The van der Waals surface area contributed by atoms with Crippen LogP contribution >= 0.6 is 0 Å². The monoisotopic (exact) mass is 274 g/mol. The highest BCUT2D eigenvalue weighted by Gasteiger charge is 2.02. The van der Waals surface area contributed by atoms with Gasteiger partial charge in [0.15, 0.2) is 0 Å². The number of allylic oxidation sites excluding steroid dienone is 2. The molecular formula is C19H18N2. The smallest absolute Gasteiger partial charge is 0.107 e. The Labute approximate surface area is 125 Å². The lowest BCUT2D eigenvalue weighted by Crippen LogP contribution is -1.91. The Morgan fingerprint density at radius 3 is 2.62 bits per heavy atom. The van der Waals surface area contributed by atoms with E-state index in [1.165, 1.54) is 6.21 Å². The Kier molecular flexibility index (Phi) is 5.06. The molecule has 2 aromatic carbocycles. The standard InChI is InChI=1S/C19H18N2/c1-3-7-17(21-4-2)13-12-15-10-11-16(14-20)19-9-6-5-8-18(15)19/h3,5-11,14,20H,4H2,1-2H3/b7-3-,20-14?,21-17?. The highest BCUT2D eigenvalue weighted by molar-refractivity contribution is 6.09. The van der Waals surface area contributed by atoms with Gasteiger partial charge in [0, 0.05) is 18.3 Å². The van der Waals surface area contributed by atoms with E-state index < -0.39 is 0 Å². The lowest BCUT2D eigenvalue weighted by molar-refractivity contribution is 1.14. The maximum atomic E-state index is 7.49. The largest absolute Gasteiger partial charge is 0.308 e. The van der Waals surface area contributed by atoms with Gasteiger partial charge in [0.1, 0.15) is 5.71 Å². The molecule has 21 heavy (non-hydrogen) atoms. The van der Waals surface area contributed by atoms with Crippen molar-refractivity contribution in [3.05, 3.63) is 59.7 Å². The minimum Gasteiger partial charge on any atom is -0.308 e. The number of aliphatic imine (C=N–C) groups is 1. The first-order valence-electron chi connectivity index (χ1n) is 7.01. The molecule has 0 saturated carbocycles. The summed E-state index contributed by atoms with van der Waals surface area (Å²) in [4.78, 5) is 4.36. The SMILES string of the molecule is C/C=C\C(C#Cc1ccc(C=N)c2ccccc12)=NCC. The second-order valence-corrected chi connectivity index (χ2v) is 4.50. The van der Waals surface area contributed by atoms with Crippen molar-refractivity contribution in [3.8, 4) is 11.8 Å². The summed E-state index contributed by atoms with van der Waals surface area (Å²) in [6.45, 7) is 4.68. The molecule has 0 spiro atoms. The fraction of sp³-hybridized carbons (Fsp3) is 0.158. The molecule has 2 nitrogen and oxygen atoms in total. The van der Waals surface area contributed by atoms with Crippen molar-refractivity contribution >= 4 is 22.7 Å². The Hall–Kier alpha value is -2.66. The maximum absolute atomic E-state index is 7.49. The number of rotatable bonds is 3. The van der Waals surface area contributed by atoms with Crippen molar-refractivity contribution in [2.24, 2.45) is 4.99 Å². The molecule has 0 atom stereocenters. The van der Waals surface area contributed by atoms with Gasteiger partial charge in [0.25, 0.3) is 0 Å². The normalized spacial score (nSPS) is 11.4. The third-order valence-corrected chi connectivity index (χ3v) is 3.09. The Morgan fingerprint density at radius 2 is 1.95 bits per heavy atom. The topological polar surface area (TPSA) is 36.2 Å². The zero-order chi connectivity index (χ0) is 15.1. The van der Waals surface area contributed by atoms with E-state index in [4.69, 9.17) is 5.41 Å². The molecule has 2 aromatic rings. The zero-order valence-electron chi connectivity index (χ0n) is 12.4. The van der Waals surface area contributed by atoms with Crippen LogP contribution in [0, 0.1) is 17.3 Å². The summed E-state index contributed by atoms with van der Waals surface area (Å²) >= 11 is 0. The van der Waals surface area contributed by atoms with Gasteiger partial charge in [-0.3, -0.25) is 4.99 Å². The number of nitrogens with one attached hydrogen (secondary N) is 1. The third kappa shape index (κ3) is 3.46. The molecule has 0 aliphatic carbocycles. The highest BCUT2D eigenvalue weighted by atomic mass is 14.7. The molecule has 0 aliphatic rings. The summed E-state index contributed by atoms with van der Waals surface area (Å²) in [5.41, 5.74) is 2.66. The Balaban J connectivity index is 2.54. The van der Waals surface area contributed by atoms with Gasteiger partial charge in [-0.05, 0) is 48.2 Å². The second kappa shape index (κ2) is 7.21. The first-order valence-corrected chi connectivity index (χ1v) is 7.01. The highest BCUT2D eigenvalue weighted by Crippen LogP contribution is 2.21. The van der Waals surface area contributed by atoms with Crippen molar-refractivity contribution < 1.29 is 0 Å². The number of hydrogen-bond acceptors (Lipinski definition) is 2. The molecule has 0 fully saturated rings. The fourth-order valence-electron chi connectivity index (χ4n) is 2.15. The van der Waals surface area contributed by atoms with Crippen LogP contribution in [0.15, 0.2) is 53.5 Å². The van der Waals surface area contributed by atoms with Crippen LogP contribution in [0.2, 0.25) is 0 Å². The van der Waals surface area contributed by atoms with E-state index in [9.17, 15) is 0 Å². The molecule has 1 N–H and O–H groups in total. The quantitative estimate of drug-likeness (QED) is 0.642. The van der Waals surface area contributed by atoms with Gasteiger partial charge in [0.05, 0.1) is 0 Å². The first kappa shape index (κ1) is 14.7. The van der Waals surface area contributed by atoms with Crippen molar-refractivity contribution in [3.63, 3.8) is 0 Å². The number of benzene rings is 2.